The molecule has 2 aromatic rings. The lowest BCUT2D eigenvalue weighted by Crippen LogP contribution is -1.88. The Bertz CT molecular complexity index is 518. The summed E-state index contributed by atoms with van der Waals surface area (Å²) in [5.74, 6) is 1.53. The van der Waals surface area contributed by atoms with Crippen molar-refractivity contribution in [2.24, 2.45) is 0 Å². The lowest BCUT2D eigenvalue weighted by molar-refractivity contribution is 0.415. The molecule has 0 atom stereocenters. The average Bonchev–Trinajstić information content (AvgIpc) is 2.40. The molecule has 0 unspecified atom stereocenters. The third kappa shape index (κ3) is 3.54. The molecule has 2 nitrogen and oxygen atoms in total. The Hall–Kier alpha value is -1.93. The smallest absolute Gasteiger partial charge is 0.194 e. The van der Waals surface area contributed by atoms with E-state index in [1.807, 2.05) is 54.6 Å². The fourth-order valence-corrected chi connectivity index (χ4v) is 1.68. The number of ether oxygens (including phenoxy) is 2. The molecular weight excluding hydrogens is 248 g/mol. The van der Waals surface area contributed by atoms with Gasteiger partial charge >= 0.3 is 0 Å². The van der Waals surface area contributed by atoms with E-state index in [-0.39, 0.29) is 0 Å². The van der Waals surface area contributed by atoms with Crippen molar-refractivity contribution in [3.8, 4) is 11.5 Å². The minimum absolute atomic E-state index is 0.325. The van der Waals surface area contributed by atoms with Gasteiger partial charge in [0.25, 0.3) is 0 Å². The van der Waals surface area contributed by atoms with E-state index >= 15 is 0 Å². The second kappa shape index (κ2) is 6.12. The minimum Gasteiger partial charge on any atom is -0.497 e. The van der Waals surface area contributed by atoms with Crippen LogP contribution in [0.5, 0.6) is 11.5 Å². The summed E-state index contributed by atoms with van der Waals surface area (Å²) in [6.07, 6.45) is 1.76. The Morgan fingerprint density at radius 2 is 1.61 bits per heavy atom. The fourth-order valence-electron chi connectivity index (χ4n) is 1.46. The third-order valence-electron chi connectivity index (χ3n) is 2.35. The van der Waals surface area contributed by atoms with Gasteiger partial charge < -0.3 is 9.47 Å². The van der Waals surface area contributed by atoms with Crippen molar-refractivity contribution < 1.29 is 9.47 Å². The van der Waals surface area contributed by atoms with Crippen LogP contribution in [0.1, 0.15) is 5.56 Å². The van der Waals surface area contributed by atoms with Gasteiger partial charge in [-0.25, -0.2) is 0 Å². The van der Waals surface area contributed by atoms with E-state index in [9.17, 15) is 0 Å². The van der Waals surface area contributed by atoms with E-state index in [4.69, 9.17) is 21.1 Å². The second-order valence-corrected chi connectivity index (χ2v) is 4.01. The Kier molecular flexibility index (Phi) is 4.26. The molecule has 0 spiro atoms. The van der Waals surface area contributed by atoms with Crippen molar-refractivity contribution in [3.05, 3.63) is 65.4 Å². The predicted molar refractivity (Wildman–Crippen MR) is 73.9 cm³/mol. The molecule has 2 rings (SSSR count). The standard InChI is InChI=1S/C15H13ClO2/c1-17-13-9-7-12(8-10-13)11-15(16)18-14-5-3-2-4-6-14/h2-11H,1H3/b15-11-. The van der Waals surface area contributed by atoms with Crippen molar-refractivity contribution in [2.45, 2.75) is 0 Å². The molecule has 0 saturated heterocycles. The molecule has 0 bridgehead atoms. The Balaban J connectivity index is 2.07. The van der Waals surface area contributed by atoms with Crippen molar-refractivity contribution in [2.75, 3.05) is 7.11 Å². The Morgan fingerprint density at radius 1 is 0.944 bits per heavy atom. The number of hydrogen-bond donors (Lipinski definition) is 0. The van der Waals surface area contributed by atoms with Gasteiger partial charge in [0, 0.05) is 6.08 Å². The molecule has 0 saturated carbocycles. The third-order valence-corrected chi connectivity index (χ3v) is 2.54. The molecule has 0 aliphatic heterocycles. The molecule has 0 radical (unpaired) electrons. The van der Waals surface area contributed by atoms with Gasteiger partial charge in [-0.1, -0.05) is 30.3 Å². The van der Waals surface area contributed by atoms with Crippen LogP contribution < -0.4 is 9.47 Å². The van der Waals surface area contributed by atoms with Gasteiger partial charge in [0.15, 0.2) is 5.22 Å². The summed E-state index contributed by atoms with van der Waals surface area (Å²) in [7, 11) is 1.64. The molecule has 0 aliphatic carbocycles. The zero-order chi connectivity index (χ0) is 12.8. The first-order valence-corrected chi connectivity index (χ1v) is 5.90. The van der Waals surface area contributed by atoms with Crippen LogP contribution in [0.2, 0.25) is 0 Å². The highest BCUT2D eigenvalue weighted by Gasteiger charge is 1.97. The van der Waals surface area contributed by atoms with Gasteiger partial charge in [0.1, 0.15) is 11.5 Å². The van der Waals surface area contributed by atoms with Crippen LogP contribution in [0.4, 0.5) is 0 Å². The fraction of sp³-hybridized carbons (Fsp3) is 0.0667. The van der Waals surface area contributed by atoms with Crippen LogP contribution in [-0.2, 0) is 0 Å². The Morgan fingerprint density at radius 3 is 2.22 bits per heavy atom. The quantitative estimate of drug-likeness (QED) is 0.763. The number of methoxy groups -OCH3 is 1. The van der Waals surface area contributed by atoms with Crippen LogP contribution in [-0.4, -0.2) is 7.11 Å². The van der Waals surface area contributed by atoms with Gasteiger partial charge in [-0.3, -0.25) is 0 Å². The predicted octanol–water partition coefficient (Wildman–Crippen LogP) is 4.31. The highest BCUT2D eigenvalue weighted by Crippen LogP contribution is 2.19. The first-order valence-electron chi connectivity index (χ1n) is 5.52. The van der Waals surface area contributed by atoms with Gasteiger partial charge in [-0.15, -0.1) is 0 Å². The van der Waals surface area contributed by atoms with Crippen LogP contribution >= 0.6 is 11.6 Å². The van der Waals surface area contributed by atoms with Gasteiger partial charge in [0.2, 0.25) is 0 Å². The summed E-state index contributed by atoms with van der Waals surface area (Å²) in [4.78, 5) is 0. The molecule has 18 heavy (non-hydrogen) atoms. The second-order valence-electron chi connectivity index (χ2n) is 3.64. The van der Waals surface area contributed by atoms with Crippen molar-refractivity contribution >= 4 is 17.7 Å². The van der Waals surface area contributed by atoms with Crippen molar-refractivity contribution in [1.82, 2.24) is 0 Å². The zero-order valence-corrected chi connectivity index (χ0v) is 10.7. The van der Waals surface area contributed by atoms with E-state index in [1.165, 1.54) is 0 Å². The topological polar surface area (TPSA) is 18.5 Å². The van der Waals surface area contributed by atoms with E-state index in [0.717, 1.165) is 11.3 Å². The SMILES string of the molecule is COc1ccc(/C=C(/Cl)Oc2ccccc2)cc1. The first-order chi connectivity index (χ1) is 8.78. The molecule has 0 N–H and O–H groups in total. The molecule has 0 fully saturated rings. The van der Waals surface area contributed by atoms with Crippen molar-refractivity contribution in [3.63, 3.8) is 0 Å². The Labute approximate surface area is 111 Å². The highest BCUT2D eigenvalue weighted by molar-refractivity contribution is 6.30. The zero-order valence-electron chi connectivity index (χ0n) is 9.97. The highest BCUT2D eigenvalue weighted by atomic mass is 35.5. The number of halogens is 1. The summed E-state index contributed by atoms with van der Waals surface area (Å²) in [6.45, 7) is 0. The van der Waals surface area contributed by atoms with Crippen molar-refractivity contribution in [1.29, 1.82) is 0 Å². The number of rotatable bonds is 4. The van der Waals surface area contributed by atoms with Crippen LogP contribution in [0.3, 0.4) is 0 Å². The van der Waals surface area contributed by atoms with Crippen LogP contribution in [0.15, 0.2) is 59.8 Å². The largest absolute Gasteiger partial charge is 0.497 e. The maximum Gasteiger partial charge on any atom is 0.194 e. The normalized spacial score (nSPS) is 11.1. The molecule has 3 heteroatoms. The summed E-state index contributed by atoms with van der Waals surface area (Å²) >= 11 is 6.03. The van der Waals surface area contributed by atoms with E-state index in [0.29, 0.717) is 11.0 Å². The molecule has 92 valence electrons. The molecule has 0 aromatic heterocycles. The summed E-state index contributed by atoms with van der Waals surface area (Å²) in [5.41, 5.74) is 0.955. The minimum atomic E-state index is 0.325. The van der Waals surface area contributed by atoms with Gasteiger partial charge in [0.05, 0.1) is 7.11 Å². The van der Waals surface area contributed by atoms with Gasteiger partial charge in [-0.05, 0) is 41.4 Å². The number of para-hydroxylation sites is 1. The molecular formula is C15H13ClO2. The number of hydrogen-bond acceptors (Lipinski definition) is 2. The molecule has 2 aromatic carbocycles. The molecule has 0 amide bonds. The summed E-state index contributed by atoms with van der Waals surface area (Å²) in [5, 5.41) is 0.325. The lowest BCUT2D eigenvalue weighted by atomic mass is 10.2. The van der Waals surface area contributed by atoms with E-state index < -0.39 is 0 Å². The van der Waals surface area contributed by atoms with Crippen LogP contribution in [0.25, 0.3) is 6.08 Å². The van der Waals surface area contributed by atoms with E-state index in [1.54, 1.807) is 13.2 Å². The van der Waals surface area contributed by atoms with Gasteiger partial charge in [-0.2, -0.15) is 0 Å². The van der Waals surface area contributed by atoms with E-state index in [2.05, 4.69) is 0 Å². The summed E-state index contributed by atoms with van der Waals surface area (Å²) in [6, 6.07) is 17.0. The summed E-state index contributed by atoms with van der Waals surface area (Å²) < 4.78 is 10.6. The van der Waals surface area contributed by atoms with Crippen LogP contribution in [0, 0.1) is 0 Å². The average molecular weight is 261 g/mol. The molecule has 0 heterocycles. The maximum absolute atomic E-state index is 6.03. The molecule has 0 aliphatic rings. The monoisotopic (exact) mass is 260 g/mol. The number of benzene rings is 2. The lowest BCUT2D eigenvalue weighted by Gasteiger charge is -2.04. The first kappa shape index (κ1) is 12.5. The maximum atomic E-state index is 6.03.